The zero-order valence-corrected chi connectivity index (χ0v) is 8.79. The molecule has 0 saturated carbocycles. The molecular formula is C12H9NO4. The van der Waals surface area contributed by atoms with Crippen molar-refractivity contribution in [1.82, 2.24) is 4.90 Å². The fourth-order valence-electron chi connectivity index (χ4n) is 1.66. The summed E-state index contributed by atoms with van der Waals surface area (Å²) >= 11 is 0. The molecule has 0 atom stereocenters. The lowest BCUT2D eigenvalue weighted by atomic mass is 10.1. The third-order valence-corrected chi connectivity index (χ3v) is 2.43. The molecule has 0 radical (unpaired) electrons. The van der Waals surface area contributed by atoms with E-state index in [2.05, 4.69) is 0 Å². The van der Waals surface area contributed by atoms with Gasteiger partial charge in [-0.1, -0.05) is 18.2 Å². The number of nitrogens with zero attached hydrogens (tertiary/aromatic N) is 1. The molecule has 1 heterocycles. The lowest BCUT2D eigenvalue weighted by Crippen LogP contribution is -2.29. The maximum absolute atomic E-state index is 11.8. The first-order valence-corrected chi connectivity index (χ1v) is 4.96. The molecule has 0 saturated heterocycles. The van der Waals surface area contributed by atoms with Crippen LogP contribution in [0, 0.1) is 0 Å². The van der Waals surface area contributed by atoms with Crippen molar-refractivity contribution in [1.29, 1.82) is 0 Å². The molecule has 0 aromatic heterocycles. The van der Waals surface area contributed by atoms with E-state index in [1.54, 1.807) is 24.3 Å². The van der Waals surface area contributed by atoms with Gasteiger partial charge in [0.05, 0.1) is 11.1 Å². The summed E-state index contributed by atoms with van der Waals surface area (Å²) in [5, 5.41) is 8.42. The van der Waals surface area contributed by atoms with Crippen LogP contribution in [0.3, 0.4) is 0 Å². The van der Waals surface area contributed by atoms with E-state index in [9.17, 15) is 14.4 Å². The van der Waals surface area contributed by atoms with E-state index in [0.29, 0.717) is 11.1 Å². The van der Waals surface area contributed by atoms with Crippen molar-refractivity contribution in [3.63, 3.8) is 0 Å². The molecule has 86 valence electrons. The molecule has 17 heavy (non-hydrogen) atoms. The molecule has 0 unspecified atom stereocenters. The molecule has 1 N–H and O–H groups in total. The number of fused-ring (bicyclic) bond motifs is 1. The van der Waals surface area contributed by atoms with Gasteiger partial charge in [-0.25, -0.2) is 4.79 Å². The van der Waals surface area contributed by atoms with E-state index in [4.69, 9.17) is 5.11 Å². The van der Waals surface area contributed by atoms with Gasteiger partial charge in [0.25, 0.3) is 11.8 Å². The number of imide groups is 1. The van der Waals surface area contributed by atoms with Crippen molar-refractivity contribution in [2.45, 2.75) is 0 Å². The van der Waals surface area contributed by atoms with Crippen LogP contribution in [-0.2, 0) is 4.79 Å². The number of carbonyl (C=O) groups excluding carboxylic acids is 2. The number of carbonyl (C=O) groups is 3. The number of benzene rings is 1. The first kappa shape index (κ1) is 11.1. The number of carboxylic acid groups (broad SMARTS) is 1. The van der Waals surface area contributed by atoms with Gasteiger partial charge in [-0.15, -0.1) is 0 Å². The maximum Gasteiger partial charge on any atom is 0.328 e. The van der Waals surface area contributed by atoms with Gasteiger partial charge in [-0.3, -0.25) is 14.5 Å². The topological polar surface area (TPSA) is 74.7 Å². The standard InChI is InChI=1S/C12H9NO4/c14-10(15)6-3-7-13-11(16)8-4-1-2-5-9(8)12(13)17/h1-6H,7H2,(H,14,15)/b6-3+. The van der Waals surface area contributed by atoms with Crippen LogP contribution in [0.2, 0.25) is 0 Å². The summed E-state index contributed by atoms with van der Waals surface area (Å²) < 4.78 is 0. The quantitative estimate of drug-likeness (QED) is 0.620. The zero-order valence-electron chi connectivity index (χ0n) is 8.79. The van der Waals surface area contributed by atoms with E-state index >= 15 is 0 Å². The number of amides is 2. The summed E-state index contributed by atoms with van der Waals surface area (Å²) in [6.07, 6.45) is 2.17. The van der Waals surface area contributed by atoms with Crippen LogP contribution in [0.15, 0.2) is 36.4 Å². The van der Waals surface area contributed by atoms with Gasteiger partial charge in [0.2, 0.25) is 0 Å². The minimum Gasteiger partial charge on any atom is -0.478 e. The number of carboxylic acids is 1. The largest absolute Gasteiger partial charge is 0.478 e. The first-order valence-electron chi connectivity index (χ1n) is 4.96. The minimum absolute atomic E-state index is 0.0291. The summed E-state index contributed by atoms with van der Waals surface area (Å²) in [5.74, 6) is -1.89. The second-order valence-electron chi connectivity index (χ2n) is 3.51. The predicted octanol–water partition coefficient (Wildman–Crippen LogP) is 0.923. The maximum atomic E-state index is 11.8. The highest BCUT2D eigenvalue weighted by atomic mass is 16.4. The lowest BCUT2D eigenvalue weighted by molar-refractivity contribution is -0.131. The summed E-state index contributed by atoms with van der Waals surface area (Å²) in [6, 6.07) is 6.52. The van der Waals surface area contributed by atoms with Gasteiger partial charge < -0.3 is 5.11 Å². The molecule has 1 aliphatic rings. The van der Waals surface area contributed by atoms with E-state index in [1.165, 1.54) is 6.08 Å². The average molecular weight is 231 g/mol. The van der Waals surface area contributed by atoms with Crippen LogP contribution in [0.4, 0.5) is 0 Å². The second kappa shape index (κ2) is 4.21. The summed E-state index contributed by atoms with van der Waals surface area (Å²) in [6.45, 7) is -0.0291. The highest BCUT2D eigenvalue weighted by molar-refractivity contribution is 6.21. The van der Waals surface area contributed by atoms with Crippen molar-refractivity contribution in [2.24, 2.45) is 0 Å². The van der Waals surface area contributed by atoms with Gasteiger partial charge in [-0.05, 0) is 12.1 Å². The molecule has 0 aliphatic carbocycles. The molecule has 5 heteroatoms. The van der Waals surface area contributed by atoms with Gasteiger partial charge >= 0.3 is 5.97 Å². The Morgan fingerprint density at radius 3 is 2.18 bits per heavy atom. The van der Waals surface area contributed by atoms with Crippen LogP contribution in [0.1, 0.15) is 20.7 Å². The van der Waals surface area contributed by atoms with Crippen LogP contribution < -0.4 is 0 Å². The van der Waals surface area contributed by atoms with E-state index in [-0.39, 0.29) is 18.4 Å². The SMILES string of the molecule is O=C(O)/C=C/CN1C(=O)c2ccccc2C1=O. The Morgan fingerprint density at radius 2 is 1.71 bits per heavy atom. The number of rotatable bonds is 3. The molecule has 2 rings (SSSR count). The second-order valence-corrected chi connectivity index (χ2v) is 3.51. The molecule has 0 spiro atoms. The van der Waals surface area contributed by atoms with E-state index in [1.807, 2.05) is 0 Å². The van der Waals surface area contributed by atoms with Gasteiger partial charge in [0, 0.05) is 12.6 Å². The molecule has 0 fully saturated rings. The smallest absolute Gasteiger partial charge is 0.328 e. The summed E-state index contributed by atoms with van der Waals surface area (Å²) in [4.78, 5) is 34.9. The number of aliphatic carboxylic acids is 1. The van der Waals surface area contributed by atoms with Crippen LogP contribution in [0.5, 0.6) is 0 Å². The molecular weight excluding hydrogens is 222 g/mol. The van der Waals surface area contributed by atoms with Gasteiger partial charge in [0.15, 0.2) is 0 Å². The van der Waals surface area contributed by atoms with Crippen LogP contribution in [-0.4, -0.2) is 34.3 Å². The van der Waals surface area contributed by atoms with Crippen LogP contribution >= 0.6 is 0 Å². The van der Waals surface area contributed by atoms with Crippen molar-refractivity contribution in [3.05, 3.63) is 47.5 Å². The van der Waals surface area contributed by atoms with E-state index in [0.717, 1.165) is 11.0 Å². The molecule has 0 bridgehead atoms. The normalized spacial score (nSPS) is 14.5. The fourth-order valence-corrected chi connectivity index (χ4v) is 1.66. The Hall–Kier alpha value is -2.43. The molecule has 5 nitrogen and oxygen atoms in total. The van der Waals surface area contributed by atoms with Crippen molar-refractivity contribution >= 4 is 17.8 Å². The monoisotopic (exact) mass is 231 g/mol. The third-order valence-electron chi connectivity index (χ3n) is 2.43. The summed E-state index contributed by atoms with van der Waals surface area (Å²) in [5.41, 5.74) is 0.724. The Kier molecular flexibility index (Phi) is 2.74. The Balaban J connectivity index is 2.22. The predicted molar refractivity (Wildman–Crippen MR) is 58.6 cm³/mol. The van der Waals surface area contributed by atoms with Crippen molar-refractivity contribution < 1.29 is 19.5 Å². The van der Waals surface area contributed by atoms with Crippen LogP contribution in [0.25, 0.3) is 0 Å². The van der Waals surface area contributed by atoms with Crippen molar-refractivity contribution in [3.8, 4) is 0 Å². The Labute approximate surface area is 97.0 Å². The molecule has 1 aliphatic heterocycles. The number of hydrogen-bond acceptors (Lipinski definition) is 3. The first-order chi connectivity index (χ1) is 8.11. The molecule has 1 aromatic carbocycles. The highest BCUT2D eigenvalue weighted by Gasteiger charge is 2.33. The zero-order chi connectivity index (χ0) is 12.4. The lowest BCUT2D eigenvalue weighted by Gasteiger charge is -2.09. The minimum atomic E-state index is -1.11. The van der Waals surface area contributed by atoms with Gasteiger partial charge in [0.1, 0.15) is 0 Å². The Morgan fingerprint density at radius 1 is 1.18 bits per heavy atom. The van der Waals surface area contributed by atoms with E-state index < -0.39 is 5.97 Å². The molecule has 1 aromatic rings. The summed E-state index contributed by atoms with van der Waals surface area (Å²) in [7, 11) is 0. The highest BCUT2D eigenvalue weighted by Crippen LogP contribution is 2.21. The fraction of sp³-hybridized carbons (Fsp3) is 0.0833. The Bertz CT molecular complexity index is 498. The molecule has 2 amide bonds. The number of hydrogen-bond donors (Lipinski definition) is 1. The third kappa shape index (κ3) is 1.94. The van der Waals surface area contributed by atoms with Gasteiger partial charge in [-0.2, -0.15) is 0 Å². The average Bonchev–Trinajstić information content (AvgIpc) is 2.54. The van der Waals surface area contributed by atoms with Crippen molar-refractivity contribution in [2.75, 3.05) is 6.54 Å².